The Balaban J connectivity index is 1.56. The number of hydrogen-bond acceptors (Lipinski definition) is 4. The van der Waals surface area contributed by atoms with Crippen LogP contribution in [0.15, 0.2) is 24.3 Å². The van der Waals surface area contributed by atoms with Crippen LogP contribution in [0.25, 0.3) is 0 Å². The normalized spacial score (nSPS) is 17.2. The molecule has 0 aliphatic carbocycles. The van der Waals surface area contributed by atoms with Crippen molar-refractivity contribution >= 4 is 0 Å². The summed E-state index contributed by atoms with van der Waals surface area (Å²) in [7, 11) is 0. The van der Waals surface area contributed by atoms with E-state index in [0.717, 1.165) is 44.2 Å². The smallest absolute Gasteiger partial charge is 0.161 e. The zero-order chi connectivity index (χ0) is 14.9. The Morgan fingerprint density at radius 2 is 1.90 bits per heavy atom. The lowest BCUT2D eigenvalue weighted by Gasteiger charge is -2.26. The first kappa shape index (κ1) is 16.1. The van der Waals surface area contributed by atoms with Gasteiger partial charge in [0.25, 0.3) is 0 Å². The molecule has 0 saturated heterocycles. The summed E-state index contributed by atoms with van der Waals surface area (Å²) in [4.78, 5) is 2.44. The molecule has 1 aliphatic heterocycles. The highest BCUT2D eigenvalue weighted by Crippen LogP contribution is 2.30. The van der Waals surface area contributed by atoms with Crippen LogP contribution < -0.4 is 9.47 Å². The number of nitrogens with zero attached hydrogens (tertiary/aromatic N) is 1. The first-order valence-corrected chi connectivity index (χ1v) is 8.02. The van der Waals surface area contributed by atoms with Gasteiger partial charge >= 0.3 is 0 Å². The number of ether oxygens (including phenoxy) is 3. The molecule has 0 spiro atoms. The second-order valence-corrected chi connectivity index (χ2v) is 5.31. The van der Waals surface area contributed by atoms with E-state index < -0.39 is 0 Å². The second-order valence-electron chi connectivity index (χ2n) is 5.31. The van der Waals surface area contributed by atoms with Crippen LogP contribution in [0.4, 0.5) is 0 Å². The van der Waals surface area contributed by atoms with Crippen molar-refractivity contribution in [2.45, 2.75) is 32.8 Å². The summed E-state index contributed by atoms with van der Waals surface area (Å²) in [5.41, 5.74) is 0. The lowest BCUT2D eigenvalue weighted by Crippen LogP contribution is -2.33. The highest BCUT2D eigenvalue weighted by Gasteiger charge is 2.20. The molecule has 2 rings (SSSR count). The topological polar surface area (TPSA) is 30.9 Å². The maximum Gasteiger partial charge on any atom is 0.161 e. The van der Waals surface area contributed by atoms with E-state index in [0.29, 0.717) is 13.2 Å². The van der Waals surface area contributed by atoms with Gasteiger partial charge in [0.1, 0.15) is 6.61 Å². The van der Waals surface area contributed by atoms with E-state index in [1.807, 2.05) is 24.3 Å². The summed E-state index contributed by atoms with van der Waals surface area (Å²) >= 11 is 0. The summed E-state index contributed by atoms with van der Waals surface area (Å²) in [6.07, 6.45) is 2.29. The van der Waals surface area contributed by atoms with Crippen molar-refractivity contribution in [2.75, 3.05) is 39.5 Å². The zero-order valence-corrected chi connectivity index (χ0v) is 13.2. The second kappa shape index (κ2) is 8.90. The highest BCUT2D eigenvalue weighted by atomic mass is 16.6. The fraction of sp³-hybridized carbons (Fsp3) is 0.647. The number of unbranched alkanes of at least 4 members (excludes halogenated alkanes) is 1. The van der Waals surface area contributed by atoms with E-state index in [2.05, 4.69) is 18.7 Å². The maximum absolute atomic E-state index is 5.85. The predicted molar refractivity (Wildman–Crippen MR) is 84.2 cm³/mol. The predicted octanol–water partition coefficient (Wildman–Crippen LogP) is 2.97. The van der Waals surface area contributed by atoms with Crippen molar-refractivity contribution in [1.29, 1.82) is 0 Å². The molecule has 1 atom stereocenters. The molecule has 1 aromatic rings. The van der Waals surface area contributed by atoms with Crippen molar-refractivity contribution in [2.24, 2.45) is 0 Å². The molecule has 0 amide bonds. The SMILES string of the molecule is CCN(CC)CCCCOCC1COc2ccccc2O1. The van der Waals surface area contributed by atoms with Gasteiger partial charge in [0.2, 0.25) is 0 Å². The van der Waals surface area contributed by atoms with Crippen LogP contribution in [-0.2, 0) is 4.74 Å². The number of benzene rings is 1. The van der Waals surface area contributed by atoms with Gasteiger partial charge in [0.05, 0.1) is 6.61 Å². The average Bonchev–Trinajstić information content (AvgIpc) is 2.54. The summed E-state index contributed by atoms with van der Waals surface area (Å²) in [6, 6.07) is 7.78. The number of fused-ring (bicyclic) bond motifs is 1. The minimum atomic E-state index is 0.00248. The molecule has 4 heteroatoms. The third-order valence-corrected chi connectivity index (χ3v) is 3.78. The van der Waals surface area contributed by atoms with Crippen molar-refractivity contribution in [3.63, 3.8) is 0 Å². The molecule has 21 heavy (non-hydrogen) atoms. The quantitative estimate of drug-likeness (QED) is 0.655. The molecule has 0 N–H and O–H groups in total. The van der Waals surface area contributed by atoms with Crippen LogP contribution in [0, 0.1) is 0 Å². The largest absolute Gasteiger partial charge is 0.486 e. The van der Waals surface area contributed by atoms with Gasteiger partial charge in [-0.25, -0.2) is 0 Å². The van der Waals surface area contributed by atoms with Crippen LogP contribution in [0.1, 0.15) is 26.7 Å². The van der Waals surface area contributed by atoms with Gasteiger partial charge in [0, 0.05) is 6.61 Å². The highest BCUT2D eigenvalue weighted by molar-refractivity contribution is 5.40. The summed E-state index contributed by atoms with van der Waals surface area (Å²) in [5.74, 6) is 1.65. The van der Waals surface area contributed by atoms with Crippen LogP contribution in [0.3, 0.4) is 0 Å². The fourth-order valence-corrected chi connectivity index (χ4v) is 2.44. The molecular weight excluding hydrogens is 266 g/mol. The summed E-state index contributed by atoms with van der Waals surface area (Å²) < 4.78 is 17.2. The Morgan fingerprint density at radius 1 is 1.14 bits per heavy atom. The summed E-state index contributed by atoms with van der Waals surface area (Å²) in [5, 5.41) is 0. The Kier molecular flexibility index (Phi) is 6.83. The Hall–Kier alpha value is -1.26. The average molecular weight is 293 g/mol. The fourth-order valence-electron chi connectivity index (χ4n) is 2.44. The van der Waals surface area contributed by atoms with Crippen molar-refractivity contribution < 1.29 is 14.2 Å². The van der Waals surface area contributed by atoms with Crippen LogP contribution in [-0.4, -0.2) is 50.5 Å². The monoisotopic (exact) mass is 293 g/mol. The Morgan fingerprint density at radius 3 is 2.67 bits per heavy atom. The van der Waals surface area contributed by atoms with Gasteiger partial charge < -0.3 is 19.1 Å². The molecule has 1 unspecified atom stereocenters. The van der Waals surface area contributed by atoms with E-state index in [1.54, 1.807) is 0 Å². The molecule has 0 aromatic heterocycles. The van der Waals surface area contributed by atoms with Gasteiger partial charge in [0.15, 0.2) is 17.6 Å². The number of rotatable bonds is 9. The van der Waals surface area contributed by atoms with Gasteiger partial charge in [-0.1, -0.05) is 26.0 Å². The zero-order valence-electron chi connectivity index (χ0n) is 13.2. The lowest BCUT2D eigenvalue weighted by molar-refractivity contribution is 0.00751. The third kappa shape index (κ3) is 5.21. The maximum atomic E-state index is 5.85. The summed E-state index contributed by atoms with van der Waals surface area (Å²) in [6.45, 7) is 9.79. The molecule has 1 heterocycles. The van der Waals surface area contributed by atoms with E-state index in [-0.39, 0.29) is 6.10 Å². The molecule has 0 saturated carbocycles. The van der Waals surface area contributed by atoms with E-state index in [1.165, 1.54) is 6.42 Å². The Labute approximate surface area is 128 Å². The first-order valence-electron chi connectivity index (χ1n) is 8.02. The van der Waals surface area contributed by atoms with Gasteiger partial charge in [-0.3, -0.25) is 0 Å². The van der Waals surface area contributed by atoms with E-state index >= 15 is 0 Å². The third-order valence-electron chi connectivity index (χ3n) is 3.78. The minimum Gasteiger partial charge on any atom is -0.486 e. The molecule has 0 radical (unpaired) electrons. The molecular formula is C17H27NO3. The van der Waals surface area contributed by atoms with Crippen LogP contribution >= 0.6 is 0 Å². The number of para-hydroxylation sites is 2. The molecule has 0 bridgehead atoms. The molecule has 118 valence electrons. The standard InChI is InChI=1S/C17H27NO3/c1-3-18(4-2)11-7-8-12-19-13-15-14-20-16-9-5-6-10-17(16)21-15/h5-6,9-10,15H,3-4,7-8,11-14H2,1-2H3. The van der Waals surface area contributed by atoms with Crippen LogP contribution in [0.5, 0.6) is 11.5 Å². The first-order chi connectivity index (χ1) is 10.3. The molecule has 0 fully saturated rings. The van der Waals surface area contributed by atoms with Crippen molar-refractivity contribution in [3.05, 3.63) is 24.3 Å². The van der Waals surface area contributed by atoms with Gasteiger partial charge in [-0.2, -0.15) is 0 Å². The van der Waals surface area contributed by atoms with Crippen LogP contribution in [0.2, 0.25) is 0 Å². The van der Waals surface area contributed by atoms with Gasteiger partial charge in [-0.05, 0) is 44.6 Å². The molecule has 4 nitrogen and oxygen atoms in total. The van der Waals surface area contributed by atoms with Crippen molar-refractivity contribution in [3.8, 4) is 11.5 Å². The molecule has 1 aromatic carbocycles. The Bertz CT molecular complexity index is 407. The molecule has 1 aliphatic rings. The van der Waals surface area contributed by atoms with Crippen molar-refractivity contribution in [1.82, 2.24) is 4.90 Å². The lowest BCUT2D eigenvalue weighted by atomic mass is 10.2. The number of hydrogen-bond donors (Lipinski definition) is 0. The van der Waals surface area contributed by atoms with Gasteiger partial charge in [-0.15, -0.1) is 0 Å². The van der Waals surface area contributed by atoms with E-state index in [9.17, 15) is 0 Å². The van der Waals surface area contributed by atoms with E-state index in [4.69, 9.17) is 14.2 Å². The minimum absolute atomic E-state index is 0.00248.